The Morgan fingerprint density at radius 1 is 1.37 bits per heavy atom. The molecule has 2 atom stereocenters. The topological polar surface area (TPSA) is 116 Å². The minimum atomic E-state index is -4.07. The van der Waals surface area contributed by atoms with Gasteiger partial charge in [0.2, 0.25) is 10.0 Å². The molecule has 0 radical (unpaired) electrons. The largest absolute Gasteiger partial charge is 0.481 e. The smallest absolute Gasteiger partial charge is 0.264 e. The Balaban J connectivity index is 2.26. The van der Waals surface area contributed by atoms with Crippen molar-refractivity contribution in [1.82, 2.24) is 9.79 Å². The van der Waals surface area contributed by atoms with E-state index >= 15 is 0 Å². The van der Waals surface area contributed by atoms with Crippen LogP contribution in [-0.2, 0) is 14.8 Å². The highest BCUT2D eigenvalue weighted by Gasteiger charge is 2.49. The standard InChI is InChI=1S/C18H24N2O6S/c1-3-4-5-13-26-14-7-9-15(10-8-14)27(24,25)20-12-6-11-18(2,22)16(20)17(21)19-23/h7-10,16,22-23H,3,6,11-13H2,1-2H3,(H,19,21). The normalized spacial score (nSPS) is 23.2. The second-order valence-electron chi connectivity index (χ2n) is 6.42. The van der Waals surface area contributed by atoms with Crippen molar-refractivity contribution in [2.45, 2.75) is 49.6 Å². The van der Waals surface area contributed by atoms with Crippen molar-refractivity contribution in [3.8, 4) is 17.6 Å². The van der Waals surface area contributed by atoms with Crippen molar-refractivity contribution >= 4 is 15.9 Å². The lowest BCUT2D eigenvalue weighted by Crippen LogP contribution is -2.62. The third-order valence-corrected chi connectivity index (χ3v) is 6.22. The first-order valence-corrected chi connectivity index (χ1v) is 10.0. The second kappa shape index (κ2) is 8.71. The van der Waals surface area contributed by atoms with Crippen LogP contribution in [0, 0.1) is 11.8 Å². The summed E-state index contributed by atoms with van der Waals surface area (Å²) in [5.74, 6) is 5.18. The molecule has 148 valence electrons. The van der Waals surface area contributed by atoms with Gasteiger partial charge in [-0.25, -0.2) is 13.9 Å². The van der Waals surface area contributed by atoms with Crippen molar-refractivity contribution in [1.29, 1.82) is 0 Å². The highest BCUT2D eigenvalue weighted by molar-refractivity contribution is 7.89. The number of nitrogens with one attached hydrogen (secondary N) is 1. The van der Waals surface area contributed by atoms with Crippen molar-refractivity contribution in [3.63, 3.8) is 0 Å². The third-order valence-electron chi connectivity index (χ3n) is 4.34. The fraction of sp³-hybridized carbons (Fsp3) is 0.500. The highest BCUT2D eigenvalue weighted by Crippen LogP contribution is 2.32. The van der Waals surface area contributed by atoms with Crippen LogP contribution in [-0.4, -0.2) is 53.7 Å². The molecule has 1 amide bonds. The Morgan fingerprint density at radius 2 is 2.04 bits per heavy atom. The van der Waals surface area contributed by atoms with Gasteiger partial charge in [-0.2, -0.15) is 4.31 Å². The van der Waals surface area contributed by atoms with E-state index in [1.54, 1.807) is 0 Å². The van der Waals surface area contributed by atoms with E-state index in [1.807, 2.05) is 6.92 Å². The zero-order chi connectivity index (χ0) is 20.1. The SMILES string of the molecule is CCC#CCOc1ccc(S(=O)(=O)N2CCCC(C)(O)C2C(=O)NO)cc1. The summed E-state index contributed by atoms with van der Waals surface area (Å²) in [6.07, 6.45) is 1.35. The fourth-order valence-electron chi connectivity index (χ4n) is 3.04. The van der Waals surface area contributed by atoms with Crippen molar-refractivity contribution < 1.29 is 28.3 Å². The van der Waals surface area contributed by atoms with E-state index in [9.17, 15) is 18.3 Å². The van der Waals surface area contributed by atoms with Gasteiger partial charge in [-0.15, -0.1) is 5.92 Å². The summed E-state index contributed by atoms with van der Waals surface area (Å²) in [6, 6.07) is 4.32. The lowest BCUT2D eigenvalue weighted by Gasteiger charge is -2.42. The molecule has 1 fully saturated rings. The zero-order valence-corrected chi connectivity index (χ0v) is 16.1. The van der Waals surface area contributed by atoms with Crippen LogP contribution < -0.4 is 10.2 Å². The minimum absolute atomic E-state index is 0.0390. The van der Waals surface area contributed by atoms with Crippen molar-refractivity contribution in [2.24, 2.45) is 0 Å². The molecule has 27 heavy (non-hydrogen) atoms. The molecule has 2 unspecified atom stereocenters. The summed E-state index contributed by atoms with van der Waals surface area (Å²) in [6.45, 7) is 3.56. The first-order chi connectivity index (χ1) is 12.7. The molecule has 2 rings (SSSR count). The van der Waals surface area contributed by atoms with Crippen LogP contribution in [0.1, 0.15) is 33.1 Å². The number of ether oxygens (including phenoxy) is 1. The number of carbonyl (C=O) groups is 1. The van der Waals surface area contributed by atoms with Crippen LogP contribution in [0.3, 0.4) is 0 Å². The quantitative estimate of drug-likeness (QED) is 0.387. The summed E-state index contributed by atoms with van der Waals surface area (Å²) in [5.41, 5.74) is -0.150. The molecule has 0 saturated carbocycles. The second-order valence-corrected chi connectivity index (χ2v) is 8.31. The van der Waals surface area contributed by atoms with Gasteiger partial charge in [-0.3, -0.25) is 10.0 Å². The fourth-order valence-corrected chi connectivity index (χ4v) is 4.76. The van der Waals surface area contributed by atoms with Gasteiger partial charge in [0.15, 0.2) is 0 Å². The zero-order valence-electron chi connectivity index (χ0n) is 15.3. The Bertz CT molecular complexity index is 824. The van der Waals surface area contributed by atoms with Crippen LogP contribution in [0.25, 0.3) is 0 Å². The van der Waals surface area contributed by atoms with Gasteiger partial charge in [0, 0.05) is 13.0 Å². The van der Waals surface area contributed by atoms with E-state index < -0.39 is 27.6 Å². The van der Waals surface area contributed by atoms with E-state index in [0.29, 0.717) is 12.2 Å². The van der Waals surface area contributed by atoms with E-state index in [0.717, 1.165) is 10.7 Å². The van der Waals surface area contributed by atoms with E-state index in [4.69, 9.17) is 9.94 Å². The number of aliphatic hydroxyl groups is 1. The summed E-state index contributed by atoms with van der Waals surface area (Å²) in [7, 11) is -4.07. The van der Waals surface area contributed by atoms with E-state index in [2.05, 4.69) is 11.8 Å². The Morgan fingerprint density at radius 3 is 2.63 bits per heavy atom. The van der Waals surface area contributed by atoms with Gasteiger partial charge in [0.1, 0.15) is 18.4 Å². The van der Waals surface area contributed by atoms with Crippen LogP contribution in [0.15, 0.2) is 29.2 Å². The van der Waals surface area contributed by atoms with Crippen molar-refractivity contribution in [2.75, 3.05) is 13.2 Å². The molecule has 1 aliphatic rings. The van der Waals surface area contributed by atoms with Crippen molar-refractivity contribution in [3.05, 3.63) is 24.3 Å². The minimum Gasteiger partial charge on any atom is -0.481 e. The third kappa shape index (κ3) is 4.78. The number of rotatable bonds is 5. The molecule has 1 aromatic carbocycles. The number of benzene rings is 1. The number of carbonyl (C=O) groups excluding carboxylic acids is 1. The lowest BCUT2D eigenvalue weighted by molar-refractivity contribution is -0.144. The summed E-state index contributed by atoms with van der Waals surface area (Å²) < 4.78 is 32.3. The Hall–Kier alpha value is -2.12. The molecular formula is C18H24N2O6S. The molecule has 1 heterocycles. The maximum atomic E-state index is 13.0. The van der Waals surface area contributed by atoms with Gasteiger partial charge >= 0.3 is 0 Å². The predicted molar refractivity (Wildman–Crippen MR) is 97.5 cm³/mol. The molecule has 8 nitrogen and oxygen atoms in total. The van der Waals surface area contributed by atoms with Gasteiger partial charge in [0.05, 0.1) is 10.5 Å². The molecule has 1 aromatic rings. The Labute approximate surface area is 159 Å². The van der Waals surface area contributed by atoms with Crippen LogP contribution in [0.2, 0.25) is 0 Å². The molecule has 0 bridgehead atoms. The maximum absolute atomic E-state index is 13.0. The van der Waals surface area contributed by atoms with Gasteiger partial charge in [0.25, 0.3) is 5.91 Å². The molecule has 3 N–H and O–H groups in total. The Kier molecular flexibility index (Phi) is 6.84. The van der Waals surface area contributed by atoms with Crippen LogP contribution in [0.4, 0.5) is 0 Å². The van der Waals surface area contributed by atoms with Crippen LogP contribution in [0.5, 0.6) is 5.75 Å². The number of nitrogens with zero attached hydrogens (tertiary/aromatic N) is 1. The number of amides is 1. The van der Waals surface area contributed by atoms with Gasteiger partial charge in [-0.05, 0) is 44.0 Å². The molecule has 1 aliphatic heterocycles. The molecule has 0 spiro atoms. The van der Waals surface area contributed by atoms with E-state index in [1.165, 1.54) is 36.7 Å². The summed E-state index contributed by atoms with van der Waals surface area (Å²) >= 11 is 0. The van der Waals surface area contributed by atoms with Gasteiger partial charge in [-0.1, -0.05) is 12.8 Å². The monoisotopic (exact) mass is 396 g/mol. The molecule has 1 saturated heterocycles. The predicted octanol–water partition coefficient (Wildman–Crippen LogP) is 0.888. The van der Waals surface area contributed by atoms with Crippen LogP contribution >= 0.6 is 0 Å². The molecule has 0 aromatic heterocycles. The highest BCUT2D eigenvalue weighted by atomic mass is 32.2. The number of sulfonamides is 1. The summed E-state index contributed by atoms with van der Waals surface area (Å²) in [4.78, 5) is 12.0. The lowest BCUT2D eigenvalue weighted by atomic mass is 9.87. The average Bonchev–Trinajstić information content (AvgIpc) is 2.64. The average molecular weight is 396 g/mol. The molecule has 9 heteroatoms. The number of hydrogen-bond donors (Lipinski definition) is 3. The first-order valence-electron chi connectivity index (χ1n) is 8.61. The molecule has 0 aliphatic carbocycles. The number of hydrogen-bond acceptors (Lipinski definition) is 6. The number of piperidine rings is 1. The maximum Gasteiger partial charge on any atom is 0.264 e. The summed E-state index contributed by atoms with van der Waals surface area (Å²) in [5, 5.41) is 19.5. The molecular weight excluding hydrogens is 372 g/mol. The van der Waals surface area contributed by atoms with Gasteiger partial charge < -0.3 is 9.84 Å². The van der Waals surface area contributed by atoms with E-state index in [-0.39, 0.29) is 24.5 Å². The first kappa shape index (κ1) is 21.2. The number of hydroxylamine groups is 1.